The third-order valence-corrected chi connectivity index (χ3v) is 7.15. The highest BCUT2D eigenvalue weighted by molar-refractivity contribution is 6.09. The number of carbonyl (C=O) groups excluding carboxylic acids is 4. The highest BCUT2D eigenvalue weighted by Gasteiger charge is 2.67. The summed E-state index contributed by atoms with van der Waals surface area (Å²) in [7, 11) is 0. The van der Waals surface area contributed by atoms with Gasteiger partial charge in [-0.25, -0.2) is 4.79 Å². The van der Waals surface area contributed by atoms with E-state index >= 15 is 0 Å². The van der Waals surface area contributed by atoms with E-state index in [1.807, 2.05) is 0 Å². The van der Waals surface area contributed by atoms with Gasteiger partial charge in [-0.3, -0.25) is 29.4 Å². The van der Waals surface area contributed by atoms with Crippen LogP contribution in [0.4, 0.5) is 5.69 Å². The number of Topliss-reactive ketones (excluding diaryl/α,β-unsaturated/α-hetero) is 1. The first kappa shape index (κ1) is 19.6. The fraction of sp³-hybridized carbons (Fsp3) is 0.455. The second-order valence-electron chi connectivity index (χ2n) is 8.72. The molecule has 3 fully saturated rings. The molecule has 4 aliphatic carbocycles. The van der Waals surface area contributed by atoms with E-state index in [1.165, 1.54) is 25.1 Å². The molecule has 7 atom stereocenters. The minimum absolute atomic E-state index is 0.0378. The lowest BCUT2D eigenvalue weighted by Crippen LogP contribution is -2.45. The van der Waals surface area contributed by atoms with Crippen LogP contribution in [-0.2, 0) is 19.1 Å². The highest BCUT2D eigenvalue weighted by Crippen LogP contribution is 2.65. The first-order chi connectivity index (χ1) is 14.8. The Morgan fingerprint density at radius 2 is 1.77 bits per heavy atom. The third-order valence-electron chi connectivity index (χ3n) is 7.15. The summed E-state index contributed by atoms with van der Waals surface area (Å²) in [6.45, 7) is 0.785. The molecule has 2 saturated carbocycles. The minimum Gasteiger partial charge on any atom is -0.456 e. The molecule has 1 heterocycles. The Bertz CT molecular complexity index is 1030. The molecule has 0 spiro atoms. The van der Waals surface area contributed by atoms with Gasteiger partial charge in [0.1, 0.15) is 6.04 Å². The van der Waals surface area contributed by atoms with Gasteiger partial charge in [0, 0.05) is 17.7 Å². The number of allylic oxidation sites excluding steroid dienone is 2. The molecule has 1 aromatic carbocycles. The van der Waals surface area contributed by atoms with Crippen LogP contribution in [-0.4, -0.2) is 46.0 Å². The Labute approximate surface area is 177 Å². The predicted molar refractivity (Wildman–Crippen MR) is 104 cm³/mol. The molecule has 31 heavy (non-hydrogen) atoms. The Morgan fingerprint density at radius 3 is 2.35 bits per heavy atom. The number of hydrogen-bond donors (Lipinski definition) is 0. The van der Waals surface area contributed by atoms with Gasteiger partial charge in [-0.15, -0.1) is 0 Å². The first-order valence-corrected chi connectivity index (χ1v) is 10.3. The van der Waals surface area contributed by atoms with Crippen LogP contribution in [0.3, 0.4) is 0 Å². The molecule has 160 valence electrons. The zero-order chi connectivity index (χ0) is 22.0. The van der Waals surface area contributed by atoms with Gasteiger partial charge in [-0.05, 0) is 37.0 Å². The van der Waals surface area contributed by atoms with Crippen LogP contribution >= 0.6 is 0 Å². The number of nitro benzene ring substituents is 1. The second kappa shape index (κ2) is 6.83. The van der Waals surface area contributed by atoms with Crippen molar-refractivity contribution in [1.82, 2.24) is 4.90 Å². The average Bonchev–Trinajstić information content (AvgIpc) is 3.55. The van der Waals surface area contributed by atoms with Crippen molar-refractivity contribution in [2.75, 3.05) is 6.61 Å². The lowest BCUT2D eigenvalue weighted by Gasteiger charge is -2.37. The van der Waals surface area contributed by atoms with E-state index in [0.717, 1.165) is 17.4 Å². The van der Waals surface area contributed by atoms with E-state index in [1.54, 1.807) is 0 Å². The normalized spacial score (nSPS) is 33.0. The number of carbonyl (C=O) groups is 4. The molecule has 2 bridgehead atoms. The molecule has 0 unspecified atom stereocenters. The molecule has 9 nitrogen and oxygen atoms in total. The fourth-order valence-electron chi connectivity index (χ4n) is 5.60. The summed E-state index contributed by atoms with van der Waals surface area (Å²) in [6.07, 6.45) is 5.15. The van der Waals surface area contributed by atoms with Crippen molar-refractivity contribution in [3.05, 3.63) is 52.1 Å². The number of ketones is 1. The smallest absolute Gasteiger partial charge is 0.329 e. The van der Waals surface area contributed by atoms with Crippen LogP contribution in [0.1, 0.15) is 23.7 Å². The zero-order valence-electron chi connectivity index (χ0n) is 16.7. The Hall–Kier alpha value is -3.36. The monoisotopic (exact) mass is 424 g/mol. The molecule has 9 heteroatoms. The van der Waals surface area contributed by atoms with Crippen LogP contribution in [0.5, 0.6) is 0 Å². The number of esters is 1. The maximum atomic E-state index is 13.0. The highest BCUT2D eigenvalue weighted by atomic mass is 16.6. The predicted octanol–water partition coefficient (Wildman–Crippen LogP) is 1.76. The molecule has 0 radical (unpaired) electrons. The van der Waals surface area contributed by atoms with Crippen molar-refractivity contribution in [2.24, 2.45) is 35.5 Å². The van der Waals surface area contributed by atoms with Crippen LogP contribution < -0.4 is 0 Å². The Kier molecular flexibility index (Phi) is 4.32. The summed E-state index contributed by atoms with van der Waals surface area (Å²) in [5, 5.41) is 10.9. The number of imide groups is 1. The number of nitrogens with zero attached hydrogens (tertiary/aromatic N) is 2. The molecule has 1 saturated heterocycles. The minimum atomic E-state index is -1.14. The van der Waals surface area contributed by atoms with E-state index in [9.17, 15) is 29.3 Å². The molecule has 0 N–H and O–H groups in total. The number of non-ortho nitro benzene ring substituents is 1. The van der Waals surface area contributed by atoms with Crippen molar-refractivity contribution < 1.29 is 28.8 Å². The topological polar surface area (TPSA) is 124 Å². The Morgan fingerprint density at radius 1 is 1.16 bits per heavy atom. The summed E-state index contributed by atoms with van der Waals surface area (Å²) < 4.78 is 5.06. The molecular weight excluding hydrogens is 404 g/mol. The number of hydrogen-bond acceptors (Lipinski definition) is 7. The van der Waals surface area contributed by atoms with Crippen molar-refractivity contribution >= 4 is 29.3 Å². The summed E-state index contributed by atoms with van der Waals surface area (Å²) in [5.74, 6) is -1.93. The summed E-state index contributed by atoms with van der Waals surface area (Å²) in [4.78, 5) is 62.2. The summed E-state index contributed by atoms with van der Waals surface area (Å²) in [6, 6.07) is 3.97. The van der Waals surface area contributed by atoms with Gasteiger partial charge >= 0.3 is 5.97 Å². The lowest BCUT2D eigenvalue weighted by atomic mass is 9.63. The van der Waals surface area contributed by atoms with Gasteiger partial charge in [0.15, 0.2) is 6.61 Å². The second-order valence-corrected chi connectivity index (χ2v) is 8.72. The first-order valence-electron chi connectivity index (χ1n) is 10.3. The fourth-order valence-corrected chi connectivity index (χ4v) is 5.60. The van der Waals surface area contributed by atoms with E-state index in [4.69, 9.17) is 4.74 Å². The third kappa shape index (κ3) is 2.90. The standard InChI is InChI=1S/C22H20N2O7/c1-10(22(28)31-9-17(25)11-3-2-4-12(7-11)24(29)30)23-20(26)18-13-5-6-14(16-8-15(13)16)19(18)21(23)27/h2-7,10,13-16,18-19H,8-9H2,1H3/t10-,13+,14+,15-,16+,18-,19+/m1/s1. The van der Waals surface area contributed by atoms with Gasteiger partial charge in [0.2, 0.25) is 17.6 Å². The van der Waals surface area contributed by atoms with Crippen molar-refractivity contribution in [1.29, 1.82) is 0 Å². The molecule has 1 aliphatic heterocycles. The lowest BCUT2D eigenvalue weighted by molar-refractivity contribution is -0.384. The largest absolute Gasteiger partial charge is 0.456 e. The molecule has 5 aliphatic rings. The van der Waals surface area contributed by atoms with Crippen molar-refractivity contribution in [3.8, 4) is 0 Å². The molecule has 1 aromatic rings. The number of ether oxygens (including phenoxy) is 1. The summed E-state index contributed by atoms with van der Waals surface area (Å²) in [5.41, 5.74) is -0.210. The van der Waals surface area contributed by atoms with Gasteiger partial charge in [-0.2, -0.15) is 0 Å². The Balaban J connectivity index is 1.25. The maximum absolute atomic E-state index is 13.0. The molecule has 0 aromatic heterocycles. The van der Waals surface area contributed by atoms with Crippen molar-refractivity contribution in [2.45, 2.75) is 19.4 Å². The van der Waals surface area contributed by atoms with Crippen LogP contribution in [0.2, 0.25) is 0 Å². The summed E-state index contributed by atoms with van der Waals surface area (Å²) >= 11 is 0. The number of likely N-dealkylation sites (tertiary alicyclic amines) is 1. The molecule has 2 amide bonds. The zero-order valence-corrected chi connectivity index (χ0v) is 16.7. The van der Waals surface area contributed by atoms with E-state index in [2.05, 4.69) is 12.2 Å². The van der Waals surface area contributed by atoms with Gasteiger partial charge in [0.25, 0.3) is 5.69 Å². The average molecular weight is 424 g/mol. The quantitative estimate of drug-likeness (QED) is 0.170. The van der Waals surface area contributed by atoms with E-state index < -0.39 is 41.2 Å². The van der Waals surface area contributed by atoms with Crippen molar-refractivity contribution in [3.63, 3.8) is 0 Å². The van der Waals surface area contributed by atoms with Crippen LogP contribution in [0, 0.1) is 45.6 Å². The van der Waals surface area contributed by atoms with Gasteiger partial charge in [0.05, 0.1) is 16.8 Å². The number of rotatable bonds is 6. The van der Waals surface area contributed by atoms with Gasteiger partial charge < -0.3 is 4.74 Å². The number of nitro groups is 1. The molecular formula is C22H20N2O7. The number of amides is 2. The van der Waals surface area contributed by atoms with Gasteiger partial charge in [-0.1, -0.05) is 24.3 Å². The van der Waals surface area contributed by atoms with Crippen LogP contribution in [0.15, 0.2) is 36.4 Å². The van der Waals surface area contributed by atoms with Crippen LogP contribution in [0.25, 0.3) is 0 Å². The molecule has 6 rings (SSSR count). The van der Waals surface area contributed by atoms with E-state index in [0.29, 0.717) is 11.8 Å². The SMILES string of the molecule is C[C@H](C(=O)OCC(=O)c1cccc([N+](=O)[O-])c1)N1C(=O)[C@@H]2[C@H]3C=C[C@@H]([C@@H]4C[C@H]34)[C@@H]2C1=O. The maximum Gasteiger partial charge on any atom is 0.329 e. The number of benzene rings is 1. The van der Waals surface area contributed by atoms with E-state index in [-0.39, 0.29) is 34.9 Å².